The standard InChI is InChI=1S/C26H27N3O9/c30-21-8-7-20(23(31)28-21)29-24(32)18-5-2-6-19(22(18)25(29)33)27-9-10-36-11-12-37-13-14-38-17-4-1-3-16(15-17)26(34)35/h1-6,15,20,27H,7-14H2,(H,34,35)(H,28,30,31). The highest BCUT2D eigenvalue weighted by atomic mass is 16.5. The molecule has 0 spiro atoms. The normalized spacial score (nSPS) is 16.8. The minimum atomic E-state index is -1.02. The van der Waals surface area contributed by atoms with Gasteiger partial charge in [0.2, 0.25) is 11.8 Å². The van der Waals surface area contributed by atoms with Gasteiger partial charge in [0, 0.05) is 18.7 Å². The molecule has 0 aromatic heterocycles. The van der Waals surface area contributed by atoms with E-state index in [4.69, 9.17) is 19.3 Å². The van der Waals surface area contributed by atoms with Gasteiger partial charge in [-0.3, -0.25) is 29.4 Å². The molecule has 4 amide bonds. The van der Waals surface area contributed by atoms with Gasteiger partial charge in [-0.15, -0.1) is 0 Å². The zero-order chi connectivity index (χ0) is 27.1. The second kappa shape index (κ2) is 12.3. The number of hydrogen-bond donors (Lipinski definition) is 3. The number of amides is 4. The maximum atomic E-state index is 13.1. The van der Waals surface area contributed by atoms with Gasteiger partial charge in [0.1, 0.15) is 18.4 Å². The van der Waals surface area contributed by atoms with E-state index in [1.165, 1.54) is 18.2 Å². The summed E-state index contributed by atoms with van der Waals surface area (Å²) in [6.07, 6.45) is 0.155. The van der Waals surface area contributed by atoms with Crippen molar-refractivity contribution in [2.45, 2.75) is 18.9 Å². The fourth-order valence-electron chi connectivity index (χ4n) is 4.18. The SMILES string of the molecule is O=C1CCC(N2C(=O)c3cccc(NCCOCCOCCOc4cccc(C(=O)O)c4)c3C2=O)C(=O)N1. The fourth-order valence-corrected chi connectivity index (χ4v) is 4.18. The summed E-state index contributed by atoms with van der Waals surface area (Å²) in [5.41, 5.74) is 1.00. The van der Waals surface area contributed by atoms with Gasteiger partial charge in [0.25, 0.3) is 11.8 Å². The molecule has 38 heavy (non-hydrogen) atoms. The Kier molecular flexibility index (Phi) is 8.66. The molecule has 1 fully saturated rings. The zero-order valence-electron chi connectivity index (χ0n) is 20.4. The first-order valence-corrected chi connectivity index (χ1v) is 12.1. The van der Waals surface area contributed by atoms with Gasteiger partial charge in [0.05, 0.1) is 43.1 Å². The predicted octanol–water partition coefficient (Wildman–Crippen LogP) is 1.31. The number of anilines is 1. The molecule has 0 saturated carbocycles. The van der Waals surface area contributed by atoms with Crippen molar-refractivity contribution in [2.24, 2.45) is 0 Å². The summed E-state index contributed by atoms with van der Waals surface area (Å²) >= 11 is 0. The molecule has 1 saturated heterocycles. The molecule has 0 aliphatic carbocycles. The van der Waals surface area contributed by atoms with Crippen LogP contribution >= 0.6 is 0 Å². The number of nitrogens with zero attached hydrogens (tertiary/aromatic N) is 1. The lowest BCUT2D eigenvalue weighted by atomic mass is 10.0. The number of carbonyl (C=O) groups is 5. The van der Waals surface area contributed by atoms with Crippen LogP contribution in [0.5, 0.6) is 5.75 Å². The molecule has 1 unspecified atom stereocenters. The van der Waals surface area contributed by atoms with Crippen LogP contribution in [0, 0.1) is 0 Å². The maximum Gasteiger partial charge on any atom is 0.335 e. The first-order valence-electron chi connectivity index (χ1n) is 12.1. The number of carboxylic acids is 1. The Labute approximate surface area is 217 Å². The van der Waals surface area contributed by atoms with Crippen LogP contribution in [0.1, 0.15) is 43.9 Å². The second-order valence-electron chi connectivity index (χ2n) is 8.51. The average Bonchev–Trinajstić information content (AvgIpc) is 3.15. The van der Waals surface area contributed by atoms with Crippen LogP contribution in [0.4, 0.5) is 5.69 Å². The molecule has 12 nitrogen and oxygen atoms in total. The molecule has 2 aliphatic heterocycles. The van der Waals surface area contributed by atoms with Crippen molar-refractivity contribution in [3.63, 3.8) is 0 Å². The van der Waals surface area contributed by atoms with Crippen molar-refractivity contribution >= 4 is 35.3 Å². The minimum Gasteiger partial charge on any atom is -0.491 e. The number of rotatable bonds is 13. The first kappa shape index (κ1) is 26.8. The highest BCUT2D eigenvalue weighted by molar-refractivity contribution is 6.25. The van der Waals surface area contributed by atoms with E-state index in [0.29, 0.717) is 44.4 Å². The molecular weight excluding hydrogens is 498 g/mol. The number of hydrogen-bond acceptors (Lipinski definition) is 9. The summed E-state index contributed by atoms with van der Waals surface area (Å²) in [4.78, 5) is 61.5. The number of benzene rings is 2. The van der Waals surface area contributed by atoms with E-state index in [1.54, 1.807) is 24.3 Å². The van der Waals surface area contributed by atoms with Crippen LogP contribution in [0.25, 0.3) is 0 Å². The largest absolute Gasteiger partial charge is 0.491 e. The van der Waals surface area contributed by atoms with Crippen LogP contribution in [0.3, 0.4) is 0 Å². The number of aromatic carboxylic acids is 1. The van der Waals surface area contributed by atoms with E-state index in [1.807, 2.05) is 0 Å². The van der Waals surface area contributed by atoms with Gasteiger partial charge in [-0.05, 0) is 36.8 Å². The number of fused-ring (bicyclic) bond motifs is 1. The van der Waals surface area contributed by atoms with Crippen molar-refractivity contribution in [3.05, 3.63) is 59.2 Å². The second-order valence-corrected chi connectivity index (χ2v) is 8.51. The Morgan fingerprint density at radius 2 is 1.71 bits per heavy atom. The minimum absolute atomic E-state index is 0.0592. The molecule has 2 heterocycles. The number of ether oxygens (including phenoxy) is 3. The Hall–Kier alpha value is -4.29. The van der Waals surface area contributed by atoms with E-state index in [2.05, 4.69) is 10.6 Å². The molecule has 0 radical (unpaired) electrons. The van der Waals surface area contributed by atoms with Gasteiger partial charge >= 0.3 is 5.97 Å². The van der Waals surface area contributed by atoms with Crippen LogP contribution in [-0.2, 0) is 19.1 Å². The van der Waals surface area contributed by atoms with E-state index >= 15 is 0 Å². The van der Waals surface area contributed by atoms with Crippen molar-refractivity contribution in [3.8, 4) is 5.75 Å². The lowest BCUT2D eigenvalue weighted by Crippen LogP contribution is -2.54. The van der Waals surface area contributed by atoms with Crippen LogP contribution < -0.4 is 15.4 Å². The Morgan fingerprint density at radius 3 is 2.47 bits per heavy atom. The van der Waals surface area contributed by atoms with Crippen molar-refractivity contribution < 1.29 is 43.3 Å². The molecule has 2 aromatic rings. The van der Waals surface area contributed by atoms with Gasteiger partial charge in [-0.2, -0.15) is 0 Å². The molecule has 12 heteroatoms. The highest BCUT2D eigenvalue weighted by Crippen LogP contribution is 2.32. The van der Waals surface area contributed by atoms with E-state index in [-0.39, 0.29) is 36.1 Å². The number of imide groups is 2. The summed E-state index contributed by atoms with van der Waals surface area (Å²) < 4.78 is 16.4. The van der Waals surface area contributed by atoms with E-state index < -0.39 is 35.6 Å². The van der Waals surface area contributed by atoms with Crippen molar-refractivity contribution in [2.75, 3.05) is 44.9 Å². The first-order chi connectivity index (χ1) is 18.4. The summed E-state index contributed by atoms with van der Waals surface area (Å²) in [6, 6.07) is 10.0. The molecule has 1 atom stereocenters. The monoisotopic (exact) mass is 525 g/mol. The van der Waals surface area contributed by atoms with Crippen LogP contribution in [0.2, 0.25) is 0 Å². The van der Waals surface area contributed by atoms with Gasteiger partial charge in [0.15, 0.2) is 0 Å². The molecule has 0 bridgehead atoms. The molecular formula is C26H27N3O9. The Morgan fingerprint density at radius 1 is 0.974 bits per heavy atom. The van der Waals surface area contributed by atoms with Crippen molar-refractivity contribution in [1.82, 2.24) is 10.2 Å². The lowest BCUT2D eigenvalue weighted by Gasteiger charge is -2.27. The van der Waals surface area contributed by atoms with Gasteiger partial charge in [-0.1, -0.05) is 12.1 Å². The quantitative estimate of drug-likeness (QED) is 0.257. The maximum absolute atomic E-state index is 13.1. The van der Waals surface area contributed by atoms with E-state index in [0.717, 1.165) is 4.90 Å². The number of piperidine rings is 1. The molecule has 200 valence electrons. The summed E-state index contributed by atoms with van der Waals surface area (Å²) in [6.45, 7) is 1.88. The number of carboxylic acid groups (broad SMARTS) is 1. The summed E-state index contributed by atoms with van der Waals surface area (Å²) in [7, 11) is 0. The highest BCUT2D eigenvalue weighted by Gasteiger charge is 2.45. The van der Waals surface area contributed by atoms with E-state index in [9.17, 15) is 24.0 Å². The van der Waals surface area contributed by atoms with Gasteiger partial charge < -0.3 is 24.6 Å². The average molecular weight is 526 g/mol. The predicted molar refractivity (Wildman–Crippen MR) is 132 cm³/mol. The number of carbonyl (C=O) groups excluding carboxylic acids is 4. The summed E-state index contributed by atoms with van der Waals surface area (Å²) in [5, 5.41) is 14.3. The topological polar surface area (TPSA) is 161 Å². The van der Waals surface area contributed by atoms with Gasteiger partial charge in [-0.25, -0.2) is 4.79 Å². The lowest BCUT2D eigenvalue weighted by molar-refractivity contribution is -0.136. The molecule has 2 aliphatic rings. The van der Waals surface area contributed by atoms with Crippen LogP contribution in [0.15, 0.2) is 42.5 Å². The molecule has 3 N–H and O–H groups in total. The third kappa shape index (κ3) is 6.15. The Balaban J connectivity index is 1.16. The third-order valence-corrected chi connectivity index (χ3v) is 5.98. The fraction of sp³-hybridized carbons (Fsp3) is 0.346. The smallest absolute Gasteiger partial charge is 0.335 e. The van der Waals surface area contributed by atoms with Crippen molar-refractivity contribution in [1.29, 1.82) is 0 Å². The number of nitrogens with one attached hydrogen (secondary N) is 2. The third-order valence-electron chi connectivity index (χ3n) is 5.98. The molecule has 4 rings (SSSR count). The zero-order valence-corrected chi connectivity index (χ0v) is 20.4. The molecule has 2 aromatic carbocycles. The van der Waals surface area contributed by atoms with Crippen LogP contribution in [-0.4, -0.2) is 85.2 Å². The Bertz CT molecular complexity index is 1250. The summed E-state index contributed by atoms with van der Waals surface area (Å²) in [5.74, 6) is -2.79.